The first-order valence-electron chi connectivity index (χ1n) is 5.36. The van der Waals surface area contributed by atoms with E-state index in [9.17, 15) is 9.90 Å². The number of carbonyl (C=O) groups is 1. The lowest BCUT2D eigenvalue weighted by molar-refractivity contribution is -0.136. The maximum atomic E-state index is 11.9. The van der Waals surface area contributed by atoms with Gasteiger partial charge < -0.3 is 20.9 Å². The summed E-state index contributed by atoms with van der Waals surface area (Å²) in [6.07, 6.45) is 1.11. The number of hydrogen-bond acceptors (Lipinski definition) is 4. The predicted octanol–water partition coefficient (Wildman–Crippen LogP) is -0.258. The first kappa shape index (κ1) is 12.8. The quantitative estimate of drug-likeness (QED) is 0.263. The number of nitrogens with zero attached hydrogens (tertiary/aromatic N) is 2. The van der Waals surface area contributed by atoms with Gasteiger partial charge in [-0.1, -0.05) is 5.16 Å². The molecule has 1 aliphatic heterocycles. The van der Waals surface area contributed by atoms with Crippen molar-refractivity contribution in [3.63, 3.8) is 0 Å². The highest BCUT2D eigenvalue weighted by molar-refractivity contribution is 6.01. The summed E-state index contributed by atoms with van der Waals surface area (Å²) >= 11 is 0. The molecule has 92 valence electrons. The third kappa shape index (κ3) is 2.85. The highest BCUT2D eigenvalue weighted by Crippen LogP contribution is 2.22. The van der Waals surface area contributed by atoms with E-state index >= 15 is 0 Å². The second-order valence-corrected chi connectivity index (χ2v) is 4.57. The highest BCUT2D eigenvalue weighted by atomic mass is 16.4. The van der Waals surface area contributed by atoms with Gasteiger partial charge in [0, 0.05) is 13.1 Å². The summed E-state index contributed by atoms with van der Waals surface area (Å²) < 4.78 is 0. The van der Waals surface area contributed by atoms with Crippen molar-refractivity contribution in [3.05, 3.63) is 0 Å². The van der Waals surface area contributed by atoms with Gasteiger partial charge in [0.25, 0.3) is 0 Å². The third-order valence-corrected chi connectivity index (χ3v) is 3.08. The smallest absolute Gasteiger partial charge is 0.233 e. The normalized spacial score (nSPS) is 22.9. The fourth-order valence-corrected chi connectivity index (χ4v) is 1.70. The average Bonchev–Trinajstić information content (AvgIpc) is 2.26. The number of amidine groups is 1. The topological polar surface area (TPSA) is 99.2 Å². The van der Waals surface area contributed by atoms with Crippen molar-refractivity contribution >= 4 is 11.7 Å². The van der Waals surface area contributed by atoms with Crippen molar-refractivity contribution in [1.82, 2.24) is 4.90 Å². The molecule has 1 rings (SSSR count). The van der Waals surface area contributed by atoms with Crippen molar-refractivity contribution in [1.29, 1.82) is 0 Å². The van der Waals surface area contributed by atoms with Gasteiger partial charge in [-0.3, -0.25) is 4.79 Å². The minimum Gasteiger partial charge on any atom is -0.409 e. The maximum absolute atomic E-state index is 11.9. The zero-order valence-electron chi connectivity index (χ0n) is 9.68. The molecule has 0 aromatic carbocycles. The highest BCUT2D eigenvalue weighted by Gasteiger charge is 2.32. The fourth-order valence-electron chi connectivity index (χ4n) is 1.70. The largest absolute Gasteiger partial charge is 0.409 e. The molecule has 1 saturated heterocycles. The Morgan fingerprint density at radius 2 is 2.00 bits per heavy atom. The number of nitrogens with two attached hydrogens (primary N) is 1. The first-order valence-corrected chi connectivity index (χ1v) is 5.36. The summed E-state index contributed by atoms with van der Waals surface area (Å²) in [5.74, 6) is -0.860. The van der Waals surface area contributed by atoms with Gasteiger partial charge in [0.2, 0.25) is 5.91 Å². The van der Waals surface area contributed by atoms with Crippen LogP contribution in [0, 0.1) is 5.92 Å². The summed E-state index contributed by atoms with van der Waals surface area (Å²) in [6.45, 7) is 4.38. The number of aliphatic hydroxyl groups is 1. The van der Waals surface area contributed by atoms with Gasteiger partial charge in [-0.25, -0.2) is 0 Å². The van der Waals surface area contributed by atoms with Crippen LogP contribution in [0.2, 0.25) is 0 Å². The van der Waals surface area contributed by atoms with Gasteiger partial charge in [0.1, 0.15) is 0 Å². The molecule has 0 bridgehead atoms. The molecule has 0 radical (unpaired) electrons. The molecule has 0 aromatic heterocycles. The Balaban J connectivity index is 2.57. The van der Waals surface area contributed by atoms with Crippen LogP contribution in [0.1, 0.15) is 26.7 Å². The van der Waals surface area contributed by atoms with Crippen LogP contribution >= 0.6 is 0 Å². The van der Waals surface area contributed by atoms with Crippen molar-refractivity contribution in [2.75, 3.05) is 13.1 Å². The molecule has 1 amide bonds. The molecular formula is C10H19N3O3. The molecule has 4 N–H and O–H groups in total. The Hall–Kier alpha value is -1.30. The summed E-state index contributed by atoms with van der Waals surface area (Å²) in [5, 5.41) is 21.1. The van der Waals surface area contributed by atoms with Crippen LogP contribution in [0.5, 0.6) is 0 Å². The van der Waals surface area contributed by atoms with Gasteiger partial charge in [0.15, 0.2) is 5.84 Å². The molecule has 1 atom stereocenters. The van der Waals surface area contributed by atoms with E-state index in [4.69, 9.17) is 10.9 Å². The van der Waals surface area contributed by atoms with Crippen molar-refractivity contribution < 1.29 is 15.1 Å². The minimum atomic E-state index is -0.684. The van der Waals surface area contributed by atoms with E-state index < -0.39 is 11.5 Å². The summed E-state index contributed by atoms with van der Waals surface area (Å²) in [4.78, 5) is 13.5. The molecule has 1 heterocycles. The molecular weight excluding hydrogens is 210 g/mol. The van der Waals surface area contributed by atoms with Gasteiger partial charge in [-0.05, 0) is 26.7 Å². The maximum Gasteiger partial charge on any atom is 0.233 e. The Bertz CT molecular complexity index is 292. The molecule has 0 spiro atoms. The van der Waals surface area contributed by atoms with Gasteiger partial charge in [0.05, 0.1) is 11.5 Å². The van der Waals surface area contributed by atoms with Crippen LogP contribution in [-0.4, -0.2) is 45.6 Å². The second-order valence-electron chi connectivity index (χ2n) is 4.57. The number of likely N-dealkylation sites (tertiary alicyclic amines) is 1. The fraction of sp³-hybridized carbons (Fsp3) is 0.800. The summed E-state index contributed by atoms with van der Waals surface area (Å²) in [5.41, 5.74) is 4.70. The third-order valence-electron chi connectivity index (χ3n) is 3.08. The Kier molecular flexibility index (Phi) is 3.74. The van der Waals surface area contributed by atoms with Gasteiger partial charge >= 0.3 is 0 Å². The van der Waals surface area contributed by atoms with E-state index in [1.807, 2.05) is 0 Å². The first-order chi connectivity index (χ1) is 7.37. The number of oxime groups is 1. The van der Waals surface area contributed by atoms with Gasteiger partial charge in [-0.15, -0.1) is 0 Å². The molecule has 1 unspecified atom stereocenters. The molecule has 6 nitrogen and oxygen atoms in total. The molecule has 6 heteroatoms. The summed E-state index contributed by atoms with van der Waals surface area (Å²) in [6, 6.07) is 0. The van der Waals surface area contributed by atoms with Crippen LogP contribution in [0.15, 0.2) is 5.16 Å². The van der Waals surface area contributed by atoms with Crippen molar-refractivity contribution in [2.45, 2.75) is 32.3 Å². The molecule has 0 saturated carbocycles. The predicted molar refractivity (Wildman–Crippen MR) is 59.0 cm³/mol. The number of amides is 1. The monoisotopic (exact) mass is 229 g/mol. The van der Waals surface area contributed by atoms with E-state index in [0.717, 1.165) is 0 Å². The van der Waals surface area contributed by atoms with Crippen LogP contribution in [-0.2, 0) is 4.79 Å². The molecule has 0 aliphatic carbocycles. The Morgan fingerprint density at radius 1 is 1.50 bits per heavy atom. The van der Waals surface area contributed by atoms with E-state index in [-0.39, 0.29) is 11.7 Å². The van der Waals surface area contributed by atoms with Crippen LogP contribution < -0.4 is 5.73 Å². The Labute approximate surface area is 94.7 Å². The van der Waals surface area contributed by atoms with Crippen LogP contribution in [0.4, 0.5) is 0 Å². The standard InChI is InChI=1S/C10H19N3O3/c1-7(8(11)12-16)9(14)13-5-3-10(2,15)4-6-13/h7,15-16H,3-6H2,1-2H3,(H2,11,12). The number of carbonyl (C=O) groups excluding carboxylic acids is 1. The zero-order valence-corrected chi connectivity index (χ0v) is 9.68. The molecule has 0 aromatic rings. The lowest BCUT2D eigenvalue weighted by atomic mass is 9.93. The van der Waals surface area contributed by atoms with E-state index in [0.29, 0.717) is 25.9 Å². The SMILES string of the molecule is CC(C(=O)N1CCC(C)(O)CC1)C(N)=NO. The lowest BCUT2D eigenvalue weighted by Crippen LogP contribution is -2.48. The molecule has 16 heavy (non-hydrogen) atoms. The van der Waals surface area contributed by atoms with Crippen LogP contribution in [0.25, 0.3) is 0 Å². The average molecular weight is 229 g/mol. The second kappa shape index (κ2) is 4.69. The summed E-state index contributed by atoms with van der Waals surface area (Å²) in [7, 11) is 0. The number of rotatable bonds is 2. The zero-order chi connectivity index (χ0) is 12.3. The Morgan fingerprint density at radius 3 is 2.44 bits per heavy atom. The molecule has 1 fully saturated rings. The van der Waals surface area contributed by atoms with E-state index in [1.54, 1.807) is 18.7 Å². The van der Waals surface area contributed by atoms with E-state index in [2.05, 4.69) is 5.16 Å². The van der Waals surface area contributed by atoms with Crippen LogP contribution in [0.3, 0.4) is 0 Å². The van der Waals surface area contributed by atoms with Crippen molar-refractivity contribution in [3.8, 4) is 0 Å². The number of piperidine rings is 1. The number of hydrogen-bond donors (Lipinski definition) is 3. The van der Waals surface area contributed by atoms with E-state index in [1.165, 1.54) is 0 Å². The van der Waals surface area contributed by atoms with Gasteiger partial charge in [-0.2, -0.15) is 0 Å². The molecule has 1 aliphatic rings. The van der Waals surface area contributed by atoms with Crippen molar-refractivity contribution in [2.24, 2.45) is 16.8 Å². The minimum absolute atomic E-state index is 0.0812. The lowest BCUT2D eigenvalue weighted by Gasteiger charge is -2.36.